The van der Waals surface area contributed by atoms with Crippen LogP contribution in [0.15, 0.2) is 24.3 Å². The standard InChI is InChI=1S/C15H20N2O2S/c1-10-7-15(8-10,13(16)20)14(18)17-9-11-4-3-5-12(6-11)19-2/h3-6,10H,7-9H2,1-2H3,(H2,16,20)(H,17,18). The largest absolute Gasteiger partial charge is 0.497 e. The molecule has 0 atom stereocenters. The topological polar surface area (TPSA) is 64.3 Å². The zero-order valence-corrected chi connectivity index (χ0v) is 12.6. The Morgan fingerprint density at radius 2 is 2.25 bits per heavy atom. The molecule has 1 amide bonds. The number of carbonyl (C=O) groups excluding carboxylic acids is 1. The quantitative estimate of drug-likeness (QED) is 0.815. The zero-order chi connectivity index (χ0) is 14.8. The summed E-state index contributed by atoms with van der Waals surface area (Å²) in [5.74, 6) is 1.21. The lowest BCUT2D eigenvalue weighted by molar-refractivity contribution is -0.133. The van der Waals surface area contributed by atoms with E-state index in [4.69, 9.17) is 22.7 Å². The first-order valence-corrected chi connectivity index (χ1v) is 7.10. The van der Waals surface area contributed by atoms with Crippen molar-refractivity contribution >= 4 is 23.1 Å². The van der Waals surface area contributed by atoms with E-state index in [0.29, 0.717) is 17.5 Å². The molecule has 3 N–H and O–H groups in total. The van der Waals surface area contributed by atoms with E-state index in [1.54, 1.807) is 7.11 Å². The van der Waals surface area contributed by atoms with Crippen molar-refractivity contribution in [1.82, 2.24) is 5.32 Å². The highest BCUT2D eigenvalue weighted by Gasteiger charge is 2.50. The van der Waals surface area contributed by atoms with E-state index in [9.17, 15) is 4.79 Å². The van der Waals surface area contributed by atoms with E-state index in [2.05, 4.69) is 12.2 Å². The molecule has 20 heavy (non-hydrogen) atoms. The van der Waals surface area contributed by atoms with Gasteiger partial charge in [0, 0.05) is 6.54 Å². The van der Waals surface area contributed by atoms with Gasteiger partial charge in [-0.15, -0.1) is 0 Å². The fourth-order valence-electron chi connectivity index (χ4n) is 2.76. The zero-order valence-electron chi connectivity index (χ0n) is 11.8. The lowest BCUT2D eigenvalue weighted by Gasteiger charge is -2.44. The van der Waals surface area contributed by atoms with Crippen LogP contribution in [-0.4, -0.2) is 18.0 Å². The molecule has 0 spiro atoms. The van der Waals surface area contributed by atoms with Gasteiger partial charge in [-0.3, -0.25) is 4.79 Å². The van der Waals surface area contributed by atoms with Gasteiger partial charge in [0.25, 0.3) is 0 Å². The van der Waals surface area contributed by atoms with Crippen molar-refractivity contribution in [1.29, 1.82) is 0 Å². The molecule has 1 aliphatic rings. The third-order valence-electron chi connectivity index (χ3n) is 3.89. The summed E-state index contributed by atoms with van der Waals surface area (Å²) in [4.78, 5) is 12.7. The fourth-order valence-corrected chi connectivity index (χ4v) is 3.02. The number of amides is 1. The molecule has 1 aromatic rings. The number of carbonyl (C=O) groups is 1. The third-order valence-corrected chi connectivity index (χ3v) is 4.28. The predicted octanol–water partition coefficient (Wildman–Crippen LogP) is 2.01. The Morgan fingerprint density at radius 1 is 1.55 bits per heavy atom. The Morgan fingerprint density at radius 3 is 2.80 bits per heavy atom. The summed E-state index contributed by atoms with van der Waals surface area (Å²) in [5, 5.41) is 2.93. The van der Waals surface area contributed by atoms with Crippen molar-refractivity contribution in [2.45, 2.75) is 26.3 Å². The smallest absolute Gasteiger partial charge is 0.233 e. The molecule has 1 aliphatic carbocycles. The maximum atomic E-state index is 12.4. The normalized spacial score (nSPS) is 24.6. The Bertz CT molecular complexity index is 524. The van der Waals surface area contributed by atoms with Crippen LogP contribution in [0, 0.1) is 11.3 Å². The molecule has 108 valence electrons. The van der Waals surface area contributed by atoms with Crippen LogP contribution in [0.4, 0.5) is 0 Å². The summed E-state index contributed by atoms with van der Waals surface area (Å²) < 4.78 is 5.16. The van der Waals surface area contributed by atoms with Crippen molar-refractivity contribution in [3.63, 3.8) is 0 Å². The van der Waals surface area contributed by atoms with Gasteiger partial charge >= 0.3 is 0 Å². The van der Waals surface area contributed by atoms with Gasteiger partial charge in [0.15, 0.2) is 0 Å². The molecule has 1 fully saturated rings. The van der Waals surface area contributed by atoms with Gasteiger partial charge in [0.2, 0.25) is 5.91 Å². The number of rotatable bonds is 5. The molecular formula is C15H20N2O2S. The summed E-state index contributed by atoms with van der Waals surface area (Å²) in [6, 6.07) is 7.61. The average molecular weight is 292 g/mol. The van der Waals surface area contributed by atoms with Crippen LogP contribution in [-0.2, 0) is 11.3 Å². The summed E-state index contributed by atoms with van der Waals surface area (Å²) >= 11 is 5.08. The molecule has 0 aromatic heterocycles. The van der Waals surface area contributed by atoms with Crippen LogP contribution in [0.2, 0.25) is 0 Å². The molecule has 0 radical (unpaired) electrons. The molecule has 1 saturated carbocycles. The van der Waals surface area contributed by atoms with Crippen LogP contribution in [0.25, 0.3) is 0 Å². The lowest BCUT2D eigenvalue weighted by atomic mass is 9.62. The van der Waals surface area contributed by atoms with Gasteiger partial charge in [-0.25, -0.2) is 0 Å². The number of benzene rings is 1. The molecule has 0 aliphatic heterocycles. The Balaban J connectivity index is 1.99. The fraction of sp³-hybridized carbons (Fsp3) is 0.467. The summed E-state index contributed by atoms with van der Waals surface area (Å²) in [5.41, 5.74) is 6.10. The number of methoxy groups -OCH3 is 1. The third kappa shape index (κ3) is 2.77. The second-order valence-corrected chi connectivity index (χ2v) is 5.93. The molecule has 0 bridgehead atoms. The van der Waals surface area contributed by atoms with Crippen LogP contribution in [0.5, 0.6) is 5.75 Å². The molecule has 5 heteroatoms. The molecule has 4 nitrogen and oxygen atoms in total. The SMILES string of the molecule is COc1cccc(CNC(=O)C2(C(N)=S)CC(C)C2)c1. The first-order valence-electron chi connectivity index (χ1n) is 6.69. The molecule has 0 heterocycles. The maximum absolute atomic E-state index is 12.4. The van der Waals surface area contributed by atoms with Gasteiger partial charge in [0.1, 0.15) is 5.75 Å². The highest BCUT2D eigenvalue weighted by molar-refractivity contribution is 7.80. The van der Waals surface area contributed by atoms with Crippen LogP contribution >= 0.6 is 12.2 Å². The number of nitrogens with one attached hydrogen (secondary N) is 1. The highest BCUT2D eigenvalue weighted by atomic mass is 32.1. The van der Waals surface area contributed by atoms with E-state index in [-0.39, 0.29) is 5.91 Å². The number of thiocarbonyl (C=S) groups is 1. The first-order chi connectivity index (χ1) is 9.48. The van der Waals surface area contributed by atoms with Gasteiger partial charge in [-0.2, -0.15) is 0 Å². The average Bonchev–Trinajstić information content (AvgIpc) is 2.40. The minimum Gasteiger partial charge on any atom is -0.497 e. The van der Waals surface area contributed by atoms with Gasteiger partial charge in [0.05, 0.1) is 17.5 Å². The molecule has 1 aromatic carbocycles. The van der Waals surface area contributed by atoms with Crippen molar-refractivity contribution in [2.24, 2.45) is 17.1 Å². The van der Waals surface area contributed by atoms with Crippen molar-refractivity contribution < 1.29 is 9.53 Å². The highest BCUT2D eigenvalue weighted by Crippen LogP contribution is 2.46. The van der Waals surface area contributed by atoms with Gasteiger partial charge in [-0.1, -0.05) is 31.3 Å². The number of hydrogen-bond donors (Lipinski definition) is 2. The summed E-state index contributed by atoms with van der Waals surface area (Å²) in [7, 11) is 1.62. The van der Waals surface area contributed by atoms with E-state index >= 15 is 0 Å². The van der Waals surface area contributed by atoms with E-state index in [1.165, 1.54) is 0 Å². The van der Waals surface area contributed by atoms with Crippen LogP contribution in [0.1, 0.15) is 25.3 Å². The first kappa shape index (κ1) is 14.8. The van der Waals surface area contributed by atoms with Crippen LogP contribution < -0.4 is 15.8 Å². The molecule has 0 unspecified atom stereocenters. The van der Waals surface area contributed by atoms with Crippen molar-refractivity contribution in [2.75, 3.05) is 7.11 Å². The van der Waals surface area contributed by atoms with Crippen LogP contribution in [0.3, 0.4) is 0 Å². The van der Waals surface area contributed by atoms with E-state index in [1.807, 2.05) is 24.3 Å². The van der Waals surface area contributed by atoms with E-state index < -0.39 is 5.41 Å². The maximum Gasteiger partial charge on any atom is 0.233 e. The second kappa shape index (κ2) is 5.79. The number of hydrogen-bond acceptors (Lipinski definition) is 3. The Kier molecular flexibility index (Phi) is 4.28. The second-order valence-electron chi connectivity index (χ2n) is 5.49. The van der Waals surface area contributed by atoms with Crippen molar-refractivity contribution in [3.8, 4) is 5.75 Å². The Hall–Kier alpha value is -1.62. The monoisotopic (exact) mass is 292 g/mol. The molecule has 0 saturated heterocycles. The minimum atomic E-state index is -0.645. The Labute approximate surface area is 124 Å². The summed E-state index contributed by atoms with van der Waals surface area (Å²) in [6.07, 6.45) is 1.48. The van der Waals surface area contributed by atoms with Gasteiger partial charge < -0.3 is 15.8 Å². The van der Waals surface area contributed by atoms with Crippen molar-refractivity contribution in [3.05, 3.63) is 29.8 Å². The number of ether oxygens (including phenoxy) is 1. The number of nitrogens with two attached hydrogens (primary N) is 1. The van der Waals surface area contributed by atoms with Gasteiger partial charge in [-0.05, 0) is 36.5 Å². The lowest BCUT2D eigenvalue weighted by Crippen LogP contribution is -2.55. The minimum absolute atomic E-state index is 0.0640. The molecule has 2 rings (SSSR count). The molecular weight excluding hydrogens is 272 g/mol. The predicted molar refractivity (Wildman–Crippen MR) is 82.5 cm³/mol. The van der Waals surface area contributed by atoms with E-state index in [0.717, 1.165) is 24.2 Å². The summed E-state index contributed by atoms with van der Waals surface area (Å²) in [6.45, 7) is 2.56.